The van der Waals surface area contributed by atoms with Gasteiger partial charge in [-0.05, 0) is 56.1 Å². The van der Waals surface area contributed by atoms with E-state index in [2.05, 4.69) is 32.2 Å². The fourth-order valence-corrected chi connectivity index (χ4v) is 7.35. The summed E-state index contributed by atoms with van der Waals surface area (Å²) in [7, 11) is 1.63. The second-order valence-electron chi connectivity index (χ2n) is 12.4. The molecule has 236 valence electrons. The lowest BCUT2D eigenvalue weighted by Crippen LogP contribution is -2.49. The number of nitrogens with one attached hydrogen (secondary N) is 2. The summed E-state index contributed by atoms with van der Waals surface area (Å²) in [5.41, 5.74) is 6.27. The van der Waals surface area contributed by atoms with Gasteiger partial charge in [0.05, 0.1) is 52.7 Å². The van der Waals surface area contributed by atoms with E-state index in [4.69, 9.17) is 40.6 Å². The van der Waals surface area contributed by atoms with Crippen LogP contribution in [0.2, 0.25) is 5.02 Å². The summed E-state index contributed by atoms with van der Waals surface area (Å²) in [6.45, 7) is 5.35. The molecule has 7 rings (SSSR count). The molecule has 0 radical (unpaired) electrons. The number of fused-ring (bicyclic) bond motifs is 2. The van der Waals surface area contributed by atoms with Gasteiger partial charge in [-0.15, -0.1) is 5.48 Å². The van der Waals surface area contributed by atoms with Gasteiger partial charge in [0, 0.05) is 26.4 Å². The van der Waals surface area contributed by atoms with E-state index in [1.807, 2.05) is 12.1 Å². The molecule has 4 fully saturated rings. The number of anilines is 1. The SMILES string of the molecule is COCCOc1ncc(Cl)cc1-c1nc(C2NOC(=O)N2)cc2nc(N3CCO[C@@H]4CCC[C@H]43)n(CC3CCC(C)CC3)c12. The predicted octanol–water partition coefficient (Wildman–Crippen LogP) is 5.00. The lowest BCUT2D eigenvalue weighted by Gasteiger charge is -2.39. The second kappa shape index (κ2) is 12.7. The van der Waals surface area contributed by atoms with Crippen molar-refractivity contribution in [2.24, 2.45) is 11.8 Å². The van der Waals surface area contributed by atoms with Crippen LogP contribution in [-0.2, 0) is 20.9 Å². The van der Waals surface area contributed by atoms with Crippen LogP contribution in [0.5, 0.6) is 5.88 Å². The number of methoxy groups -OCH3 is 1. The zero-order valence-electron chi connectivity index (χ0n) is 25.3. The molecule has 13 heteroatoms. The first-order chi connectivity index (χ1) is 21.5. The zero-order valence-corrected chi connectivity index (χ0v) is 26.0. The van der Waals surface area contributed by atoms with Crippen molar-refractivity contribution < 1.29 is 23.8 Å². The van der Waals surface area contributed by atoms with E-state index in [0.29, 0.717) is 53.6 Å². The average Bonchev–Trinajstić information content (AvgIpc) is 3.77. The standard InChI is InChI=1S/C31H40ClN7O5/c1-18-6-8-19(9-7-18)17-39-27-22(35-30(39)38-10-11-42-25-5-3-4-24(25)38)15-23(28-36-31(40)44-37-28)34-26(27)21-14-20(32)16-33-29(21)43-13-12-41-2/h14-16,18-19,24-25,28,37H,3-13,17H2,1-2H3,(H,36,40)/t18?,19?,24-,25-,28?/m1/s1. The average molecular weight is 626 g/mol. The van der Waals surface area contributed by atoms with Gasteiger partial charge in [0.2, 0.25) is 11.8 Å². The van der Waals surface area contributed by atoms with Gasteiger partial charge in [-0.1, -0.05) is 31.4 Å². The number of hydrogen-bond donors (Lipinski definition) is 2. The first kappa shape index (κ1) is 29.5. The Morgan fingerprint density at radius 3 is 2.77 bits per heavy atom. The minimum Gasteiger partial charge on any atom is -0.475 e. The number of rotatable bonds is 9. The Morgan fingerprint density at radius 1 is 1.11 bits per heavy atom. The van der Waals surface area contributed by atoms with Crippen LogP contribution in [0.3, 0.4) is 0 Å². The lowest BCUT2D eigenvalue weighted by molar-refractivity contribution is 0.0247. The monoisotopic (exact) mass is 625 g/mol. The molecule has 2 saturated heterocycles. The van der Waals surface area contributed by atoms with Gasteiger partial charge < -0.3 is 28.5 Å². The molecule has 2 aliphatic carbocycles. The summed E-state index contributed by atoms with van der Waals surface area (Å²) in [4.78, 5) is 34.5. The Kier molecular flexibility index (Phi) is 8.50. The molecule has 44 heavy (non-hydrogen) atoms. The summed E-state index contributed by atoms with van der Waals surface area (Å²) < 4.78 is 19.9. The third-order valence-corrected chi connectivity index (χ3v) is 9.67. The minimum atomic E-state index is -0.647. The normalized spacial score (nSPS) is 26.9. The summed E-state index contributed by atoms with van der Waals surface area (Å²) in [6, 6.07) is 4.05. The van der Waals surface area contributed by atoms with Crippen molar-refractivity contribution in [2.75, 3.05) is 38.4 Å². The Labute approximate surface area is 261 Å². The largest absolute Gasteiger partial charge is 0.475 e. The van der Waals surface area contributed by atoms with Gasteiger partial charge in [-0.2, -0.15) is 0 Å². The van der Waals surface area contributed by atoms with E-state index < -0.39 is 12.3 Å². The number of amides is 1. The molecule has 3 aromatic rings. The van der Waals surface area contributed by atoms with E-state index in [9.17, 15) is 4.79 Å². The van der Waals surface area contributed by atoms with E-state index in [-0.39, 0.29) is 12.1 Å². The number of hydrogen-bond acceptors (Lipinski definition) is 10. The second-order valence-corrected chi connectivity index (χ2v) is 12.9. The van der Waals surface area contributed by atoms with E-state index in [1.165, 1.54) is 25.7 Å². The zero-order chi connectivity index (χ0) is 30.2. The summed E-state index contributed by atoms with van der Waals surface area (Å²) in [5, 5.41) is 3.24. The molecule has 3 aromatic heterocycles. The fraction of sp³-hybridized carbons (Fsp3) is 0.613. The Bertz CT molecular complexity index is 1510. The summed E-state index contributed by atoms with van der Waals surface area (Å²) in [6.07, 6.45) is 8.68. The molecule has 1 amide bonds. The van der Waals surface area contributed by atoms with Crippen LogP contribution in [0, 0.1) is 11.8 Å². The van der Waals surface area contributed by atoms with E-state index >= 15 is 0 Å². The van der Waals surface area contributed by atoms with E-state index in [1.54, 1.807) is 13.3 Å². The number of pyridine rings is 2. The van der Waals surface area contributed by atoms with Crippen molar-refractivity contribution in [1.29, 1.82) is 0 Å². The Morgan fingerprint density at radius 2 is 1.98 bits per heavy atom. The van der Waals surface area contributed by atoms with Gasteiger partial charge >= 0.3 is 6.09 Å². The van der Waals surface area contributed by atoms with Crippen LogP contribution < -0.4 is 20.4 Å². The molecule has 2 aliphatic heterocycles. The molecule has 2 N–H and O–H groups in total. The van der Waals surface area contributed by atoms with Crippen molar-refractivity contribution in [1.82, 2.24) is 30.3 Å². The number of ether oxygens (including phenoxy) is 3. The molecular formula is C31H40ClN7O5. The molecule has 2 saturated carbocycles. The molecule has 1 unspecified atom stereocenters. The van der Waals surface area contributed by atoms with Gasteiger partial charge in [-0.3, -0.25) is 5.32 Å². The molecule has 12 nitrogen and oxygen atoms in total. The Balaban J connectivity index is 1.42. The number of halogens is 1. The number of aromatic nitrogens is 4. The van der Waals surface area contributed by atoms with Crippen LogP contribution in [0.15, 0.2) is 18.3 Å². The summed E-state index contributed by atoms with van der Waals surface area (Å²) >= 11 is 6.56. The Hall–Kier alpha value is -3.19. The van der Waals surface area contributed by atoms with Crippen molar-refractivity contribution in [3.8, 4) is 17.1 Å². The van der Waals surface area contributed by atoms with Crippen LogP contribution >= 0.6 is 11.6 Å². The first-order valence-electron chi connectivity index (χ1n) is 15.8. The highest BCUT2D eigenvalue weighted by Crippen LogP contribution is 2.41. The van der Waals surface area contributed by atoms with Crippen LogP contribution in [0.25, 0.3) is 22.3 Å². The highest BCUT2D eigenvalue weighted by atomic mass is 35.5. The maximum atomic E-state index is 12.0. The minimum absolute atomic E-state index is 0.216. The topological polar surface area (TPSA) is 125 Å². The summed E-state index contributed by atoms with van der Waals surface area (Å²) in [5.74, 6) is 2.62. The number of carbonyl (C=O) groups is 1. The van der Waals surface area contributed by atoms with Crippen LogP contribution in [0.4, 0.5) is 10.7 Å². The van der Waals surface area contributed by atoms with Crippen molar-refractivity contribution in [2.45, 2.75) is 76.7 Å². The quantitative estimate of drug-likeness (QED) is 0.314. The number of morpholine rings is 1. The van der Waals surface area contributed by atoms with Crippen LogP contribution in [0.1, 0.15) is 63.7 Å². The van der Waals surface area contributed by atoms with Gasteiger partial charge in [0.15, 0.2) is 6.17 Å². The smallest absolute Gasteiger partial charge is 0.427 e. The van der Waals surface area contributed by atoms with Gasteiger partial charge in [0.25, 0.3) is 0 Å². The first-order valence-corrected chi connectivity index (χ1v) is 16.2. The maximum absolute atomic E-state index is 12.0. The van der Waals surface area contributed by atoms with Crippen molar-refractivity contribution in [3.63, 3.8) is 0 Å². The predicted molar refractivity (Wildman–Crippen MR) is 164 cm³/mol. The highest BCUT2D eigenvalue weighted by molar-refractivity contribution is 6.30. The molecular weight excluding hydrogens is 586 g/mol. The van der Waals surface area contributed by atoms with Crippen molar-refractivity contribution in [3.05, 3.63) is 29.0 Å². The number of hydroxylamine groups is 1. The van der Waals surface area contributed by atoms with Crippen molar-refractivity contribution >= 4 is 34.7 Å². The van der Waals surface area contributed by atoms with Gasteiger partial charge in [-0.25, -0.2) is 19.7 Å². The molecule has 5 heterocycles. The number of imidazole rings is 1. The molecule has 0 spiro atoms. The third-order valence-electron chi connectivity index (χ3n) is 9.47. The van der Waals surface area contributed by atoms with Crippen LogP contribution in [-0.4, -0.2) is 71.2 Å². The lowest BCUT2D eigenvalue weighted by atomic mass is 9.83. The third kappa shape index (κ3) is 5.80. The molecule has 0 bridgehead atoms. The fourth-order valence-electron chi connectivity index (χ4n) is 7.19. The molecule has 0 aromatic carbocycles. The highest BCUT2D eigenvalue weighted by Gasteiger charge is 2.39. The maximum Gasteiger partial charge on any atom is 0.427 e. The van der Waals surface area contributed by atoms with Gasteiger partial charge in [0.1, 0.15) is 12.3 Å². The number of nitrogens with zero attached hydrogens (tertiary/aromatic N) is 5. The number of carbonyl (C=O) groups excluding carboxylic acids is 1. The molecule has 4 aliphatic rings. The van der Waals surface area contributed by atoms with E-state index in [0.717, 1.165) is 55.3 Å². The molecule has 3 atom stereocenters.